The number of nitriles is 1. The zero-order chi connectivity index (χ0) is 16.2. The minimum Gasteiger partial charge on any atom is -0.299 e. The lowest BCUT2D eigenvalue weighted by molar-refractivity contribution is 0.485. The first-order valence-corrected chi connectivity index (χ1v) is 9.29. The fourth-order valence-corrected chi connectivity index (χ4v) is 4.10. The Morgan fingerprint density at radius 1 is 1.35 bits per heavy atom. The normalized spacial score (nSPS) is 16.4. The molecule has 2 aromatic rings. The van der Waals surface area contributed by atoms with E-state index in [-0.39, 0.29) is 5.92 Å². The molecule has 0 unspecified atom stereocenters. The van der Waals surface area contributed by atoms with Crippen LogP contribution < -0.4 is 0 Å². The first-order valence-electron chi connectivity index (χ1n) is 7.93. The molecule has 0 N–H and O–H groups in total. The number of thioether (sulfide) groups is 1. The van der Waals surface area contributed by atoms with Gasteiger partial charge >= 0.3 is 0 Å². The van der Waals surface area contributed by atoms with E-state index in [4.69, 9.17) is 16.9 Å². The molecule has 1 aromatic carbocycles. The van der Waals surface area contributed by atoms with E-state index in [9.17, 15) is 0 Å². The van der Waals surface area contributed by atoms with E-state index in [1.54, 1.807) is 11.8 Å². The number of benzene rings is 1. The van der Waals surface area contributed by atoms with E-state index in [1.807, 2.05) is 31.2 Å². The topological polar surface area (TPSA) is 54.5 Å². The van der Waals surface area contributed by atoms with Crippen molar-refractivity contribution < 1.29 is 0 Å². The summed E-state index contributed by atoms with van der Waals surface area (Å²) in [6.45, 7) is 1.93. The second-order valence-electron chi connectivity index (χ2n) is 5.94. The summed E-state index contributed by atoms with van der Waals surface area (Å²) in [6.07, 6.45) is 4.78. The summed E-state index contributed by atoms with van der Waals surface area (Å²) in [5.74, 6) is 1.57. The van der Waals surface area contributed by atoms with Gasteiger partial charge in [-0.25, -0.2) is 0 Å². The van der Waals surface area contributed by atoms with Gasteiger partial charge in [0.1, 0.15) is 0 Å². The molecule has 4 nitrogen and oxygen atoms in total. The van der Waals surface area contributed by atoms with Gasteiger partial charge in [0.25, 0.3) is 0 Å². The van der Waals surface area contributed by atoms with Crippen molar-refractivity contribution >= 4 is 23.4 Å². The van der Waals surface area contributed by atoms with Gasteiger partial charge in [0.05, 0.1) is 17.0 Å². The molecule has 1 aliphatic carbocycles. The molecule has 0 amide bonds. The fourth-order valence-electron chi connectivity index (χ4n) is 2.93. The van der Waals surface area contributed by atoms with Gasteiger partial charge in [-0.3, -0.25) is 4.57 Å². The Hall–Kier alpha value is -1.51. The third-order valence-corrected chi connectivity index (χ3v) is 5.68. The molecule has 1 atom stereocenters. The Kier molecular flexibility index (Phi) is 5.24. The summed E-state index contributed by atoms with van der Waals surface area (Å²) in [6, 6.07) is 10.5. The first kappa shape index (κ1) is 16.4. The maximum absolute atomic E-state index is 8.99. The molecule has 23 heavy (non-hydrogen) atoms. The van der Waals surface area contributed by atoms with Crippen LogP contribution in [-0.4, -0.2) is 20.5 Å². The van der Waals surface area contributed by atoms with Gasteiger partial charge in [-0.2, -0.15) is 5.26 Å². The van der Waals surface area contributed by atoms with Gasteiger partial charge in [-0.1, -0.05) is 48.3 Å². The maximum atomic E-state index is 8.99. The molecule has 6 heteroatoms. The highest BCUT2D eigenvalue weighted by Gasteiger charge is 2.25. The van der Waals surface area contributed by atoms with Crippen LogP contribution in [-0.2, 0) is 0 Å². The highest BCUT2D eigenvalue weighted by molar-refractivity contribution is 7.99. The average Bonchev–Trinajstić information content (AvgIpc) is 3.22. The highest BCUT2D eigenvalue weighted by Crippen LogP contribution is 2.38. The smallest absolute Gasteiger partial charge is 0.191 e. The van der Waals surface area contributed by atoms with Gasteiger partial charge < -0.3 is 0 Å². The molecule has 1 aromatic heterocycles. The molecule has 0 radical (unpaired) electrons. The van der Waals surface area contributed by atoms with Gasteiger partial charge in [-0.05, 0) is 31.9 Å². The lowest BCUT2D eigenvalue weighted by Crippen LogP contribution is -2.09. The van der Waals surface area contributed by atoms with Gasteiger partial charge in [-0.15, -0.1) is 10.2 Å². The van der Waals surface area contributed by atoms with Crippen molar-refractivity contribution in [2.45, 2.75) is 43.8 Å². The zero-order valence-corrected chi connectivity index (χ0v) is 14.6. The molecule has 1 aliphatic rings. The molecule has 0 spiro atoms. The molecular formula is C17H19ClN4S. The van der Waals surface area contributed by atoms with Crippen LogP contribution in [0.2, 0.25) is 5.02 Å². The summed E-state index contributed by atoms with van der Waals surface area (Å²) in [5.41, 5.74) is 0.925. The van der Waals surface area contributed by atoms with Crippen molar-refractivity contribution in [1.82, 2.24) is 14.8 Å². The first-order chi connectivity index (χ1) is 11.2. The van der Waals surface area contributed by atoms with Gasteiger partial charge in [0.2, 0.25) is 0 Å². The van der Waals surface area contributed by atoms with Crippen LogP contribution in [0.4, 0.5) is 0 Å². The number of nitrogens with zero attached hydrogens (tertiary/aromatic N) is 4. The van der Waals surface area contributed by atoms with E-state index in [1.165, 1.54) is 12.8 Å². The van der Waals surface area contributed by atoms with E-state index in [0.29, 0.717) is 11.1 Å². The highest BCUT2D eigenvalue weighted by atomic mass is 35.5. The van der Waals surface area contributed by atoms with Gasteiger partial charge in [0.15, 0.2) is 11.0 Å². The minimum atomic E-state index is -0.00232. The largest absolute Gasteiger partial charge is 0.299 e. The Morgan fingerprint density at radius 3 is 2.78 bits per heavy atom. The summed E-state index contributed by atoms with van der Waals surface area (Å²) >= 11 is 7.98. The Labute approximate surface area is 145 Å². The summed E-state index contributed by atoms with van der Waals surface area (Å²) < 4.78 is 2.24. The van der Waals surface area contributed by atoms with Crippen LogP contribution >= 0.6 is 23.4 Å². The summed E-state index contributed by atoms with van der Waals surface area (Å²) in [5, 5.41) is 19.4. The number of hydrogen-bond donors (Lipinski definition) is 0. The third kappa shape index (κ3) is 3.54. The molecule has 0 bridgehead atoms. The van der Waals surface area contributed by atoms with Crippen molar-refractivity contribution in [3.05, 3.63) is 29.3 Å². The van der Waals surface area contributed by atoms with Crippen molar-refractivity contribution in [2.24, 2.45) is 5.92 Å². The van der Waals surface area contributed by atoms with E-state index >= 15 is 0 Å². The average molecular weight is 347 g/mol. The minimum absolute atomic E-state index is 0.00232. The standard InChI is InChI=1S/C17H19ClN4S/c1-12(10-19)11-23-17-21-20-16(14-8-4-5-9-15(14)18)22(17)13-6-2-3-7-13/h4-5,8-9,12-13H,2-3,6-7,11H2,1H3/t12-/m1/s1. The Balaban J connectivity index is 1.98. The molecular weight excluding hydrogens is 328 g/mol. The molecule has 1 fully saturated rings. The third-order valence-electron chi connectivity index (χ3n) is 4.15. The molecule has 3 rings (SSSR count). The Bertz CT molecular complexity index is 716. The van der Waals surface area contributed by atoms with Crippen molar-refractivity contribution in [3.8, 4) is 17.5 Å². The van der Waals surface area contributed by atoms with Crippen molar-refractivity contribution in [3.63, 3.8) is 0 Å². The van der Waals surface area contributed by atoms with Crippen LogP contribution in [0.3, 0.4) is 0 Å². The molecule has 120 valence electrons. The maximum Gasteiger partial charge on any atom is 0.191 e. The van der Waals surface area contributed by atoms with E-state index in [0.717, 1.165) is 35.1 Å². The van der Waals surface area contributed by atoms with Crippen molar-refractivity contribution in [2.75, 3.05) is 5.75 Å². The van der Waals surface area contributed by atoms with Crippen LogP contribution in [0, 0.1) is 17.2 Å². The lowest BCUT2D eigenvalue weighted by Gasteiger charge is -2.17. The molecule has 1 saturated carbocycles. The van der Waals surface area contributed by atoms with Crippen molar-refractivity contribution in [1.29, 1.82) is 5.26 Å². The monoisotopic (exact) mass is 346 g/mol. The fraction of sp³-hybridized carbons (Fsp3) is 0.471. The second-order valence-corrected chi connectivity index (χ2v) is 7.33. The van der Waals surface area contributed by atoms with Crippen LogP contribution in [0.1, 0.15) is 38.6 Å². The Morgan fingerprint density at radius 2 is 2.09 bits per heavy atom. The zero-order valence-electron chi connectivity index (χ0n) is 13.1. The molecule has 0 saturated heterocycles. The predicted octanol–water partition coefficient (Wildman–Crippen LogP) is 4.97. The lowest BCUT2D eigenvalue weighted by atomic mass is 10.2. The molecule has 0 aliphatic heterocycles. The predicted molar refractivity (Wildman–Crippen MR) is 93.5 cm³/mol. The van der Waals surface area contributed by atoms with Crippen LogP contribution in [0.5, 0.6) is 0 Å². The number of aromatic nitrogens is 3. The quantitative estimate of drug-likeness (QED) is 0.717. The number of rotatable bonds is 5. The number of halogens is 1. The molecule has 1 heterocycles. The van der Waals surface area contributed by atoms with E-state index < -0.39 is 0 Å². The SMILES string of the molecule is C[C@H](C#N)CSc1nnc(-c2ccccc2Cl)n1C1CCCC1. The summed E-state index contributed by atoms with van der Waals surface area (Å²) in [7, 11) is 0. The number of hydrogen-bond acceptors (Lipinski definition) is 4. The second kappa shape index (κ2) is 7.37. The van der Waals surface area contributed by atoms with E-state index in [2.05, 4.69) is 20.8 Å². The van der Waals surface area contributed by atoms with Crippen LogP contribution in [0.15, 0.2) is 29.4 Å². The van der Waals surface area contributed by atoms with Gasteiger partial charge in [0, 0.05) is 17.4 Å². The summed E-state index contributed by atoms with van der Waals surface area (Å²) in [4.78, 5) is 0. The van der Waals surface area contributed by atoms with Crippen LogP contribution in [0.25, 0.3) is 11.4 Å².